The SMILES string of the molecule is COc1ccc(COC[C@H](O)Cn2nc(-c3ccc(F)cc3)c3ccccc3c2=O)cc1. The number of aliphatic hydroxyl groups excluding tert-OH is 1. The Labute approximate surface area is 184 Å². The fraction of sp³-hybridized carbons (Fsp3) is 0.200. The zero-order valence-electron chi connectivity index (χ0n) is 17.6. The van der Waals surface area contributed by atoms with Gasteiger partial charge in [0.15, 0.2) is 0 Å². The molecule has 0 aliphatic carbocycles. The number of aliphatic hydroxyl groups is 1. The molecule has 7 heteroatoms. The van der Waals surface area contributed by atoms with Gasteiger partial charge in [0.25, 0.3) is 5.56 Å². The van der Waals surface area contributed by atoms with Crippen LogP contribution in [0.3, 0.4) is 0 Å². The number of nitrogens with zero attached hydrogens (tertiary/aromatic N) is 2. The molecule has 1 aromatic heterocycles. The van der Waals surface area contributed by atoms with E-state index >= 15 is 0 Å². The molecule has 0 radical (unpaired) electrons. The minimum absolute atomic E-state index is 0.0273. The van der Waals surface area contributed by atoms with Crippen molar-refractivity contribution < 1.29 is 19.0 Å². The number of ether oxygens (including phenoxy) is 2. The highest BCUT2D eigenvalue weighted by atomic mass is 19.1. The topological polar surface area (TPSA) is 73.6 Å². The maximum Gasteiger partial charge on any atom is 0.274 e. The molecule has 0 amide bonds. The molecule has 4 rings (SSSR count). The van der Waals surface area contributed by atoms with Crippen molar-refractivity contribution in [3.05, 3.63) is 94.5 Å². The Morgan fingerprint density at radius 3 is 2.38 bits per heavy atom. The van der Waals surface area contributed by atoms with Gasteiger partial charge in [-0.15, -0.1) is 0 Å². The third-order valence-electron chi connectivity index (χ3n) is 5.11. The van der Waals surface area contributed by atoms with Crippen LogP contribution in [0.1, 0.15) is 5.56 Å². The summed E-state index contributed by atoms with van der Waals surface area (Å²) < 4.78 is 25.4. The van der Waals surface area contributed by atoms with Crippen molar-refractivity contribution in [3.63, 3.8) is 0 Å². The molecule has 0 bridgehead atoms. The van der Waals surface area contributed by atoms with Crippen LogP contribution < -0.4 is 10.3 Å². The van der Waals surface area contributed by atoms with Crippen molar-refractivity contribution in [1.29, 1.82) is 0 Å². The minimum Gasteiger partial charge on any atom is -0.497 e. The lowest BCUT2D eigenvalue weighted by molar-refractivity contribution is 0.0181. The molecule has 1 N–H and O–H groups in total. The van der Waals surface area contributed by atoms with Gasteiger partial charge in [-0.2, -0.15) is 5.10 Å². The Bertz CT molecular complexity index is 1250. The van der Waals surface area contributed by atoms with E-state index in [1.54, 1.807) is 37.4 Å². The summed E-state index contributed by atoms with van der Waals surface area (Å²) in [6.07, 6.45) is -0.930. The normalized spacial score (nSPS) is 12.1. The second kappa shape index (κ2) is 9.72. The molecule has 0 aliphatic heterocycles. The first-order valence-electron chi connectivity index (χ1n) is 10.2. The summed E-state index contributed by atoms with van der Waals surface area (Å²) in [6.45, 7) is 0.335. The van der Waals surface area contributed by atoms with Crippen LogP contribution >= 0.6 is 0 Å². The third kappa shape index (κ3) is 4.85. The lowest BCUT2D eigenvalue weighted by atomic mass is 10.1. The third-order valence-corrected chi connectivity index (χ3v) is 5.11. The van der Waals surface area contributed by atoms with E-state index < -0.39 is 6.10 Å². The molecular formula is C25H23FN2O4. The van der Waals surface area contributed by atoms with Crippen molar-refractivity contribution in [1.82, 2.24) is 9.78 Å². The van der Waals surface area contributed by atoms with Gasteiger partial charge >= 0.3 is 0 Å². The molecule has 32 heavy (non-hydrogen) atoms. The van der Waals surface area contributed by atoms with E-state index in [0.717, 1.165) is 11.3 Å². The summed E-state index contributed by atoms with van der Waals surface area (Å²) in [5.41, 5.74) is 1.87. The van der Waals surface area contributed by atoms with E-state index in [-0.39, 0.29) is 24.5 Å². The minimum atomic E-state index is -0.930. The highest BCUT2D eigenvalue weighted by molar-refractivity contribution is 5.93. The average molecular weight is 434 g/mol. The van der Waals surface area contributed by atoms with Gasteiger partial charge in [0.05, 0.1) is 44.1 Å². The molecule has 4 aromatic rings. The maximum absolute atomic E-state index is 13.4. The first-order valence-corrected chi connectivity index (χ1v) is 10.2. The fourth-order valence-corrected chi connectivity index (χ4v) is 3.47. The summed E-state index contributed by atoms with van der Waals surface area (Å²) >= 11 is 0. The summed E-state index contributed by atoms with van der Waals surface area (Å²) in [5.74, 6) is 0.406. The summed E-state index contributed by atoms with van der Waals surface area (Å²) in [6, 6.07) is 20.5. The molecule has 6 nitrogen and oxygen atoms in total. The van der Waals surface area contributed by atoms with E-state index in [2.05, 4.69) is 5.10 Å². The lowest BCUT2D eigenvalue weighted by Crippen LogP contribution is -2.31. The highest BCUT2D eigenvalue weighted by Gasteiger charge is 2.15. The molecule has 1 heterocycles. The van der Waals surface area contributed by atoms with Crippen LogP contribution in [0.4, 0.5) is 4.39 Å². The first kappa shape index (κ1) is 21.7. The summed E-state index contributed by atoms with van der Waals surface area (Å²) in [7, 11) is 1.60. The van der Waals surface area contributed by atoms with E-state index in [9.17, 15) is 14.3 Å². The number of aromatic nitrogens is 2. The number of benzene rings is 3. The Kier molecular flexibility index (Phi) is 6.58. The molecular weight excluding hydrogens is 411 g/mol. The molecule has 0 spiro atoms. The Hall–Kier alpha value is -3.55. The molecule has 3 aromatic carbocycles. The Morgan fingerprint density at radius 2 is 1.69 bits per heavy atom. The maximum atomic E-state index is 13.4. The van der Waals surface area contributed by atoms with E-state index in [1.807, 2.05) is 30.3 Å². The first-order chi connectivity index (χ1) is 15.5. The average Bonchev–Trinajstić information content (AvgIpc) is 2.82. The van der Waals surface area contributed by atoms with Gasteiger partial charge in [-0.1, -0.05) is 30.3 Å². The fourth-order valence-electron chi connectivity index (χ4n) is 3.47. The van der Waals surface area contributed by atoms with Crippen molar-refractivity contribution >= 4 is 10.8 Å². The van der Waals surface area contributed by atoms with Gasteiger partial charge in [0.1, 0.15) is 11.6 Å². The van der Waals surface area contributed by atoms with Crippen molar-refractivity contribution in [2.45, 2.75) is 19.3 Å². The number of halogens is 1. The number of methoxy groups -OCH3 is 1. The second-order valence-corrected chi connectivity index (χ2v) is 7.41. The van der Waals surface area contributed by atoms with Gasteiger partial charge in [0.2, 0.25) is 0 Å². The molecule has 0 saturated carbocycles. The largest absolute Gasteiger partial charge is 0.497 e. The monoisotopic (exact) mass is 434 g/mol. The van der Waals surface area contributed by atoms with E-state index in [1.165, 1.54) is 16.8 Å². The Balaban J connectivity index is 1.52. The Morgan fingerprint density at radius 1 is 1.00 bits per heavy atom. The van der Waals surface area contributed by atoms with Gasteiger partial charge in [-0.05, 0) is 48.0 Å². The molecule has 1 atom stereocenters. The molecule has 0 aliphatic rings. The molecule has 0 unspecified atom stereocenters. The zero-order valence-corrected chi connectivity index (χ0v) is 17.6. The van der Waals surface area contributed by atoms with Gasteiger partial charge in [-0.25, -0.2) is 9.07 Å². The smallest absolute Gasteiger partial charge is 0.274 e. The number of hydrogen-bond acceptors (Lipinski definition) is 5. The van der Waals surface area contributed by atoms with Crippen LogP contribution in [0.15, 0.2) is 77.6 Å². The quantitative estimate of drug-likeness (QED) is 0.457. The predicted molar refractivity (Wildman–Crippen MR) is 120 cm³/mol. The number of fused-ring (bicyclic) bond motifs is 1. The van der Waals surface area contributed by atoms with E-state index in [0.29, 0.717) is 28.6 Å². The lowest BCUT2D eigenvalue weighted by Gasteiger charge is -2.15. The summed E-state index contributed by atoms with van der Waals surface area (Å²) in [5, 5.41) is 16.1. The molecule has 0 fully saturated rings. The highest BCUT2D eigenvalue weighted by Crippen LogP contribution is 2.24. The van der Waals surface area contributed by atoms with Gasteiger partial charge < -0.3 is 14.6 Å². The van der Waals surface area contributed by atoms with Crippen LogP contribution in [0.2, 0.25) is 0 Å². The van der Waals surface area contributed by atoms with Crippen LogP contribution in [-0.4, -0.2) is 34.7 Å². The predicted octanol–water partition coefficient (Wildman–Crippen LogP) is 3.79. The number of rotatable bonds is 8. The van der Waals surface area contributed by atoms with Crippen molar-refractivity contribution in [3.8, 4) is 17.0 Å². The van der Waals surface area contributed by atoms with Gasteiger partial charge in [0, 0.05) is 10.9 Å². The summed E-state index contributed by atoms with van der Waals surface area (Å²) in [4.78, 5) is 12.9. The van der Waals surface area contributed by atoms with Crippen LogP contribution in [0.25, 0.3) is 22.0 Å². The standard InChI is InChI=1S/C25H23FN2O4/c1-31-21-12-6-17(7-13-21)15-32-16-20(29)14-28-25(30)23-5-3-2-4-22(23)24(27-28)18-8-10-19(26)11-9-18/h2-13,20,29H,14-16H2,1H3/t20-/m1/s1. The van der Waals surface area contributed by atoms with Crippen molar-refractivity contribution in [2.75, 3.05) is 13.7 Å². The zero-order chi connectivity index (χ0) is 22.5. The van der Waals surface area contributed by atoms with Crippen LogP contribution in [0.5, 0.6) is 5.75 Å². The molecule has 0 saturated heterocycles. The molecule has 164 valence electrons. The second-order valence-electron chi connectivity index (χ2n) is 7.41. The van der Waals surface area contributed by atoms with Crippen LogP contribution in [0, 0.1) is 5.82 Å². The van der Waals surface area contributed by atoms with E-state index in [4.69, 9.17) is 9.47 Å². The van der Waals surface area contributed by atoms with Crippen LogP contribution in [-0.2, 0) is 17.9 Å². The van der Waals surface area contributed by atoms with Crippen molar-refractivity contribution in [2.24, 2.45) is 0 Å². The number of hydrogen-bond donors (Lipinski definition) is 1. The van der Waals surface area contributed by atoms with Gasteiger partial charge in [-0.3, -0.25) is 4.79 Å².